The Morgan fingerprint density at radius 1 is 0.500 bits per heavy atom. The molecule has 3 aliphatic carbocycles. The van der Waals surface area contributed by atoms with Gasteiger partial charge in [0.25, 0.3) is 0 Å². The van der Waals surface area contributed by atoms with E-state index in [0.717, 1.165) is 62.3 Å². The van der Waals surface area contributed by atoms with E-state index in [0.29, 0.717) is 17.4 Å². The second kappa shape index (κ2) is 15.0. The van der Waals surface area contributed by atoms with Crippen molar-refractivity contribution in [3.8, 4) is 33.4 Å². The third kappa shape index (κ3) is 5.87. The molecule has 2 N–H and O–H groups in total. The predicted molar refractivity (Wildman–Crippen MR) is 266 cm³/mol. The van der Waals surface area contributed by atoms with Crippen LogP contribution in [0.25, 0.3) is 66.3 Å². The molecule has 0 saturated heterocycles. The first-order valence-electron chi connectivity index (χ1n) is 22.0. The summed E-state index contributed by atoms with van der Waals surface area (Å²) < 4.78 is 0. The quantitative estimate of drug-likeness (QED) is 0.134. The number of fused-ring (bicyclic) bond motifs is 12. The monoisotopic (exact) mass is 818 g/mol. The van der Waals surface area contributed by atoms with Crippen LogP contribution in [0.2, 0.25) is 0 Å². The lowest BCUT2D eigenvalue weighted by atomic mass is 9.67. The minimum Gasteiger partial charge on any atom is -0.383 e. The van der Waals surface area contributed by atoms with Crippen LogP contribution in [0.5, 0.6) is 0 Å². The fraction of sp³-hybridized carbons (Fsp3) is 0.0500. The molecule has 9 aromatic rings. The molecule has 4 heteroatoms. The standard InChI is InChI=1S/C60H42N4/c1-38(63-59(64-58(61)41-14-3-2-4-15-41)42-29-27-39(28-30-42)48-22-11-16-40-17-13-35-62-57(40)48)43-31-32-45-37-46(34-33-44(45)36-43)47-21-12-23-52-51-20-7-10-26-55(51)60(56(47)52)53-24-8-5-18-49(53)50-19-6-9-25-54(50)60/h2-5,7-8,10-37H,1,6,9H2,(H2,61,63,64). The van der Waals surface area contributed by atoms with Crippen molar-refractivity contribution in [2.75, 3.05) is 0 Å². The Morgan fingerprint density at radius 2 is 1.14 bits per heavy atom. The highest BCUT2D eigenvalue weighted by Gasteiger charge is 2.54. The Balaban J connectivity index is 0.930. The molecule has 1 aromatic heterocycles. The van der Waals surface area contributed by atoms with Crippen LogP contribution in [0.3, 0.4) is 0 Å². The highest BCUT2D eigenvalue weighted by Crippen LogP contribution is 2.66. The topological polar surface area (TPSA) is 63.6 Å². The highest BCUT2D eigenvalue weighted by atomic mass is 15.0. The van der Waals surface area contributed by atoms with E-state index < -0.39 is 0 Å². The molecule has 12 rings (SSSR count). The average Bonchev–Trinajstić information content (AvgIpc) is 3.83. The van der Waals surface area contributed by atoms with E-state index in [4.69, 9.17) is 15.7 Å². The second-order valence-electron chi connectivity index (χ2n) is 16.9. The van der Waals surface area contributed by atoms with Gasteiger partial charge in [0.15, 0.2) is 5.84 Å². The summed E-state index contributed by atoms with van der Waals surface area (Å²) in [5.41, 5.74) is 25.9. The van der Waals surface area contributed by atoms with Gasteiger partial charge in [0.05, 0.1) is 16.6 Å². The van der Waals surface area contributed by atoms with Gasteiger partial charge in [0.1, 0.15) is 5.84 Å². The van der Waals surface area contributed by atoms with Crippen molar-refractivity contribution >= 4 is 44.6 Å². The molecular weight excluding hydrogens is 777 g/mol. The van der Waals surface area contributed by atoms with Gasteiger partial charge in [-0.05, 0) is 103 Å². The van der Waals surface area contributed by atoms with Crippen LogP contribution in [0.15, 0.2) is 229 Å². The lowest BCUT2D eigenvalue weighted by Crippen LogP contribution is -2.27. The molecule has 0 radical (unpaired) electrons. The number of para-hydroxylation sites is 1. The minimum absolute atomic E-state index is 0.378. The van der Waals surface area contributed by atoms with Crippen molar-refractivity contribution < 1.29 is 0 Å². The smallest absolute Gasteiger partial charge is 0.162 e. The zero-order valence-electron chi connectivity index (χ0n) is 35.2. The first kappa shape index (κ1) is 37.5. The first-order valence-corrected chi connectivity index (χ1v) is 22.0. The predicted octanol–water partition coefficient (Wildman–Crippen LogP) is 14.0. The Labute approximate surface area is 372 Å². The van der Waals surface area contributed by atoms with Crippen molar-refractivity contribution in [3.63, 3.8) is 0 Å². The number of nitrogens with zero attached hydrogens (tertiary/aromatic N) is 3. The highest BCUT2D eigenvalue weighted by molar-refractivity contribution is 6.12. The Hall–Kier alpha value is -8.21. The number of hydrogen-bond donors (Lipinski definition) is 1. The van der Waals surface area contributed by atoms with E-state index >= 15 is 0 Å². The Bertz CT molecular complexity index is 3510. The lowest BCUT2D eigenvalue weighted by Gasteiger charge is -2.33. The Kier molecular flexibility index (Phi) is 8.80. The summed E-state index contributed by atoms with van der Waals surface area (Å²) in [6, 6.07) is 66.7. The normalized spacial score (nSPS) is 16.2. The number of hydrogen-bond acceptors (Lipinski definition) is 2. The molecule has 1 atom stereocenters. The van der Waals surface area contributed by atoms with E-state index in [2.05, 4.69) is 163 Å². The van der Waals surface area contributed by atoms with Gasteiger partial charge in [-0.25, -0.2) is 9.98 Å². The molecule has 4 nitrogen and oxygen atoms in total. The SMILES string of the molecule is C=C(N=C(N=C(N)c1ccccc1)c1ccc(-c2cccc3cccnc23)cc1)c1ccc2cc(-c3cccc4c3C3(C5=CCCC=C5c5ccccc53)c3ccccc3-4)ccc2c1. The summed E-state index contributed by atoms with van der Waals surface area (Å²) in [7, 11) is 0. The molecule has 64 heavy (non-hydrogen) atoms. The lowest BCUT2D eigenvalue weighted by molar-refractivity contribution is 0.784. The van der Waals surface area contributed by atoms with Crippen LogP contribution >= 0.6 is 0 Å². The van der Waals surface area contributed by atoms with Crippen LogP contribution in [0.4, 0.5) is 0 Å². The van der Waals surface area contributed by atoms with Gasteiger partial charge >= 0.3 is 0 Å². The molecule has 0 aliphatic heterocycles. The molecular formula is C60H42N4. The number of rotatable bonds is 6. The van der Waals surface area contributed by atoms with Gasteiger partial charge < -0.3 is 5.73 Å². The number of aromatic nitrogens is 1. The third-order valence-corrected chi connectivity index (χ3v) is 13.3. The number of nitrogens with two attached hydrogens (primary N) is 1. The molecule has 1 heterocycles. The Morgan fingerprint density at radius 3 is 2.00 bits per heavy atom. The van der Waals surface area contributed by atoms with E-state index in [-0.39, 0.29) is 5.41 Å². The summed E-state index contributed by atoms with van der Waals surface area (Å²) in [6.45, 7) is 4.48. The maximum Gasteiger partial charge on any atom is 0.162 e. The van der Waals surface area contributed by atoms with Crippen LogP contribution in [0, 0.1) is 0 Å². The van der Waals surface area contributed by atoms with Crippen LogP contribution < -0.4 is 5.73 Å². The van der Waals surface area contributed by atoms with Crippen LogP contribution in [-0.4, -0.2) is 16.7 Å². The molecule has 0 bridgehead atoms. The maximum atomic E-state index is 6.65. The molecule has 8 aromatic carbocycles. The summed E-state index contributed by atoms with van der Waals surface area (Å²) in [5, 5.41) is 3.35. The van der Waals surface area contributed by atoms with Gasteiger partial charge in [-0.1, -0.05) is 189 Å². The second-order valence-corrected chi connectivity index (χ2v) is 16.9. The van der Waals surface area contributed by atoms with Crippen molar-refractivity contribution in [1.29, 1.82) is 0 Å². The van der Waals surface area contributed by atoms with Crippen molar-refractivity contribution in [1.82, 2.24) is 4.98 Å². The number of allylic oxidation sites excluding steroid dienone is 4. The van der Waals surface area contributed by atoms with E-state index in [1.54, 1.807) is 0 Å². The fourth-order valence-electron chi connectivity index (χ4n) is 10.5. The van der Waals surface area contributed by atoms with Crippen molar-refractivity contribution in [2.24, 2.45) is 15.7 Å². The number of aliphatic imine (C=N–C) groups is 2. The van der Waals surface area contributed by atoms with E-state index in [1.165, 1.54) is 55.7 Å². The van der Waals surface area contributed by atoms with Gasteiger partial charge in [-0.2, -0.15) is 0 Å². The molecule has 302 valence electrons. The molecule has 1 unspecified atom stereocenters. The average molecular weight is 819 g/mol. The van der Waals surface area contributed by atoms with Crippen molar-refractivity contribution in [3.05, 3.63) is 258 Å². The minimum atomic E-state index is -0.378. The first-order chi connectivity index (χ1) is 31.6. The van der Waals surface area contributed by atoms with Gasteiger partial charge in [0, 0.05) is 33.8 Å². The van der Waals surface area contributed by atoms with Gasteiger partial charge in [0.2, 0.25) is 0 Å². The summed E-state index contributed by atoms with van der Waals surface area (Å²) >= 11 is 0. The van der Waals surface area contributed by atoms with Crippen LogP contribution in [-0.2, 0) is 5.41 Å². The molecule has 0 fully saturated rings. The molecule has 0 saturated carbocycles. The van der Waals surface area contributed by atoms with E-state index in [9.17, 15) is 0 Å². The van der Waals surface area contributed by atoms with Crippen LogP contribution in [0.1, 0.15) is 51.8 Å². The fourth-order valence-corrected chi connectivity index (χ4v) is 10.5. The largest absolute Gasteiger partial charge is 0.383 e. The molecule has 0 amide bonds. The molecule has 1 spiro atoms. The summed E-state index contributed by atoms with van der Waals surface area (Å²) in [4.78, 5) is 14.7. The number of benzene rings is 8. The van der Waals surface area contributed by atoms with Gasteiger partial charge in [-0.15, -0.1) is 0 Å². The zero-order chi connectivity index (χ0) is 42.8. The summed E-state index contributed by atoms with van der Waals surface area (Å²) in [5.74, 6) is 0.864. The molecule has 3 aliphatic rings. The number of pyridine rings is 1. The van der Waals surface area contributed by atoms with Crippen molar-refractivity contribution in [2.45, 2.75) is 18.3 Å². The number of amidine groups is 2. The third-order valence-electron chi connectivity index (χ3n) is 13.3. The van der Waals surface area contributed by atoms with E-state index in [1.807, 2.05) is 54.7 Å². The summed E-state index contributed by atoms with van der Waals surface area (Å²) in [6.07, 6.45) is 8.93. The maximum absolute atomic E-state index is 6.65. The van der Waals surface area contributed by atoms with Gasteiger partial charge in [-0.3, -0.25) is 4.98 Å². The zero-order valence-corrected chi connectivity index (χ0v) is 35.2.